The molecule has 0 spiro atoms. The third-order valence-electron chi connectivity index (χ3n) is 5.97. The second-order valence-corrected chi connectivity index (χ2v) is 7.52. The van der Waals surface area contributed by atoms with Crippen LogP contribution in [0.2, 0.25) is 0 Å². The highest BCUT2D eigenvalue weighted by atomic mass is 16.0. The Morgan fingerprint density at radius 1 is 0.955 bits per heavy atom. The van der Waals surface area contributed by atoms with E-state index in [1.54, 1.807) is 0 Å². The van der Waals surface area contributed by atoms with E-state index in [1.807, 2.05) is 0 Å². The Morgan fingerprint density at radius 3 is 2.32 bits per heavy atom. The van der Waals surface area contributed by atoms with Crippen molar-refractivity contribution in [2.24, 2.45) is 17.1 Å². The molecule has 134 valence electrons. The third kappa shape index (κ3) is 6.20. The zero-order valence-electron chi connectivity index (χ0n) is 15.6. The quantitative estimate of drug-likeness (QED) is 0.494. The molecule has 0 amide bonds. The van der Waals surface area contributed by atoms with Gasteiger partial charge >= 0.3 is 0 Å². The summed E-state index contributed by atoms with van der Waals surface area (Å²) < 4.78 is 0. The van der Waals surface area contributed by atoms with Crippen molar-refractivity contribution >= 4 is 0 Å². The minimum Gasteiger partial charge on any atom is -0.412 e. The molecule has 3 atom stereocenters. The average molecular weight is 314 g/mol. The van der Waals surface area contributed by atoms with E-state index in [0.29, 0.717) is 11.5 Å². The van der Waals surface area contributed by atoms with Crippen molar-refractivity contribution in [3.8, 4) is 0 Å². The molecule has 22 heavy (non-hydrogen) atoms. The molecule has 0 saturated heterocycles. The van der Waals surface area contributed by atoms with Crippen LogP contribution >= 0.6 is 0 Å². The zero-order chi connectivity index (χ0) is 15.6. The van der Waals surface area contributed by atoms with Gasteiger partial charge in [0.2, 0.25) is 0 Å². The van der Waals surface area contributed by atoms with Crippen LogP contribution in [0.3, 0.4) is 0 Å². The molecule has 0 heterocycles. The first-order chi connectivity index (χ1) is 10.2. The molecule has 1 rings (SSSR count). The molecule has 1 saturated carbocycles. The Hall–Kier alpha value is -0.0800. The second kappa shape index (κ2) is 12.4. The van der Waals surface area contributed by atoms with Crippen molar-refractivity contribution in [2.45, 2.75) is 117 Å². The van der Waals surface area contributed by atoms with E-state index in [4.69, 9.17) is 5.73 Å². The highest BCUT2D eigenvalue weighted by Crippen LogP contribution is 2.49. The van der Waals surface area contributed by atoms with Crippen LogP contribution in [-0.4, -0.2) is 11.5 Å². The van der Waals surface area contributed by atoms with Gasteiger partial charge in [0.05, 0.1) is 0 Å². The van der Waals surface area contributed by atoms with Gasteiger partial charge in [-0.1, -0.05) is 85.0 Å². The topological polar surface area (TPSA) is 57.5 Å². The van der Waals surface area contributed by atoms with Crippen LogP contribution in [0.5, 0.6) is 0 Å². The van der Waals surface area contributed by atoms with Crippen molar-refractivity contribution in [3.05, 3.63) is 0 Å². The van der Waals surface area contributed by atoms with Gasteiger partial charge in [0, 0.05) is 6.04 Å². The Kier molecular flexibility index (Phi) is 12.3. The lowest BCUT2D eigenvalue weighted by atomic mass is 9.58. The van der Waals surface area contributed by atoms with Gasteiger partial charge in [0.1, 0.15) is 0 Å². The number of unbranched alkanes of at least 4 members (excludes halogenated alkanes) is 4. The second-order valence-electron chi connectivity index (χ2n) is 7.52. The number of nitrogens with two attached hydrogens (primary N) is 1. The van der Waals surface area contributed by atoms with E-state index in [0.717, 1.165) is 5.92 Å². The van der Waals surface area contributed by atoms with E-state index < -0.39 is 0 Å². The van der Waals surface area contributed by atoms with Crippen LogP contribution in [0.15, 0.2) is 0 Å². The molecule has 0 aromatic heterocycles. The van der Waals surface area contributed by atoms with Crippen molar-refractivity contribution in [2.75, 3.05) is 0 Å². The molecule has 4 N–H and O–H groups in total. The minimum atomic E-state index is 0. The molecule has 1 fully saturated rings. The summed E-state index contributed by atoms with van der Waals surface area (Å²) in [7, 11) is 0. The van der Waals surface area contributed by atoms with Crippen LogP contribution in [0.1, 0.15) is 111 Å². The summed E-state index contributed by atoms with van der Waals surface area (Å²) in [6.45, 7) is 6.99. The van der Waals surface area contributed by atoms with Crippen molar-refractivity contribution < 1.29 is 5.48 Å². The van der Waals surface area contributed by atoms with Crippen LogP contribution in [0.25, 0.3) is 0 Å². The fourth-order valence-corrected chi connectivity index (χ4v) is 4.84. The molecule has 0 bridgehead atoms. The summed E-state index contributed by atoms with van der Waals surface area (Å²) in [4.78, 5) is 0. The molecular formula is C20H43NO. The Balaban J connectivity index is 0.00000441. The molecule has 0 aromatic carbocycles. The molecule has 0 aromatic rings. The summed E-state index contributed by atoms with van der Waals surface area (Å²) in [5, 5.41) is 0. The average Bonchev–Trinajstić information content (AvgIpc) is 2.49. The molecule has 2 heteroatoms. The van der Waals surface area contributed by atoms with Gasteiger partial charge in [-0.25, -0.2) is 0 Å². The first-order valence-corrected chi connectivity index (χ1v) is 9.96. The Labute approximate surface area is 139 Å². The maximum absolute atomic E-state index is 6.80. The van der Waals surface area contributed by atoms with Crippen LogP contribution in [-0.2, 0) is 0 Å². The lowest BCUT2D eigenvalue weighted by molar-refractivity contribution is 0.0399. The molecule has 0 aliphatic heterocycles. The van der Waals surface area contributed by atoms with Crippen molar-refractivity contribution in [1.82, 2.24) is 0 Å². The van der Waals surface area contributed by atoms with Gasteiger partial charge in [-0.15, -0.1) is 0 Å². The van der Waals surface area contributed by atoms with E-state index in [1.165, 1.54) is 89.9 Å². The fraction of sp³-hybridized carbons (Fsp3) is 1.00. The zero-order valence-corrected chi connectivity index (χ0v) is 15.6. The Morgan fingerprint density at radius 2 is 1.68 bits per heavy atom. The first-order valence-electron chi connectivity index (χ1n) is 9.96. The molecule has 1 aliphatic rings. The smallest absolute Gasteiger partial charge is 0.00982 e. The highest BCUT2D eigenvalue weighted by Gasteiger charge is 2.43. The lowest BCUT2D eigenvalue weighted by Crippen LogP contribution is -2.48. The standard InChI is InChI=1S/C20H41N.H2O/c1-4-7-8-9-10-15-19(21)20(16-6-3)17-12-11-14-18(20)13-5-2;/h18-19H,4-17,21H2,1-3H3;1H2. The van der Waals surface area contributed by atoms with Gasteiger partial charge in [-0.3, -0.25) is 0 Å². The van der Waals surface area contributed by atoms with Gasteiger partial charge in [-0.2, -0.15) is 0 Å². The van der Waals surface area contributed by atoms with Gasteiger partial charge in [-0.05, 0) is 37.0 Å². The fourth-order valence-electron chi connectivity index (χ4n) is 4.84. The molecular weight excluding hydrogens is 270 g/mol. The number of rotatable bonds is 11. The van der Waals surface area contributed by atoms with Crippen LogP contribution in [0, 0.1) is 11.3 Å². The van der Waals surface area contributed by atoms with Gasteiger partial charge in [0.15, 0.2) is 0 Å². The van der Waals surface area contributed by atoms with E-state index in [-0.39, 0.29) is 5.48 Å². The molecule has 0 radical (unpaired) electrons. The molecule has 3 unspecified atom stereocenters. The van der Waals surface area contributed by atoms with E-state index in [9.17, 15) is 0 Å². The molecule has 1 aliphatic carbocycles. The monoisotopic (exact) mass is 313 g/mol. The predicted molar refractivity (Wildman–Crippen MR) is 99.2 cm³/mol. The lowest BCUT2D eigenvalue weighted by Gasteiger charge is -2.49. The van der Waals surface area contributed by atoms with E-state index >= 15 is 0 Å². The van der Waals surface area contributed by atoms with Gasteiger partial charge in [0.25, 0.3) is 0 Å². The summed E-state index contributed by atoms with van der Waals surface area (Å²) in [6.07, 6.45) is 19.3. The Bertz CT molecular complexity index is 250. The summed E-state index contributed by atoms with van der Waals surface area (Å²) in [5.74, 6) is 0.904. The van der Waals surface area contributed by atoms with Crippen molar-refractivity contribution in [3.63, 3.8) is 0 Å². The maximum Gasteiger partial charge on any atom is 0.00982 e. The van der Waals surface area contributed by atoms with Gasteiger partial charge < -0.3 is 11.2 Å². The maximum atomic E-state index is 6.80. The number of hydrogen-bond donors (Lipinski definition) is 1. The number of hydrogen-bond acceptors (Lipinski definition) is 1. The van der Waals surface area contributed by atoms with Crippen LogP contribution < -0.4 is 5.73 Å². The van der Waals surface area contributed by atoms with E-state index in [2.05, 4.69) is 20.8 Å². The summed E-state index contributed by atoms with van der Waals surface area (Å²) in [6, 6.07) is 0.455. The van der Waals surface area contributed by atoms with Crippen LogP contribution in [0.4, 0.5) is 0 Å². The summed E-state index contributed by atoms with van der Waals surface area (Å²) in [5.41, 5.74) is 7.28. The highest BCUT2D eigenvalue weighted by molar-refractivity contribution is 4.96. The third-order valence-corrected chi connectivity index (χ3v) is 5.97. The SMILES string of the molecule is CCCCCCCC(N)C1(CCC)CCCCC1CCC.O. The van der Waals surface area contributed by atoms with Crippen molar-refractivity contribution in [1.29, 1.82) is 0 Å². The first kappa shape index (κ1) is 21.9. The summed E-state index contributed by atoms with van der Waals surface area (Å²) >= 11 is 0. The largest absolute Gasteiger partial charge is 0.412 e. The normalized spacial score (nSPS) is 26.5. The molecule has 2 nitrogen and oxygen atoms in total. The predicted octanol–water partition coefficient (Wildman–Crippen LogP) is 5.63. The minimum absolute atomic E-state index is 0.